The van der Waals surface area contributed by atoms with Gasteiger partial charge in [0.1, 0.15) is 11.6 Å². The molecular weight excluding hydrogens is 352 g/mol. The van der Waals surface area contributed by atoms with Crippen LogP contribution >= 0.6 is 11.6 Å². The van der Waals surface area contributed by atoms with Crippen LogP contribution in [0.2, 0.25) is 5.15 Å². The summed E-state index contributed by atoms with van der Waals surface area (Å²) in [6.07, 6.45) is 3.26. The molecule has 0 radical (unpaired) electrons. The topological polar surface area (TPSA) is 75.2 Å². The number of hydrogen-bond donors (Lipinski definition) is 2. The Balaban J connectivity index is 1.75. The summed E-state index contributed by atoms with van der Waals surface area (Å²) in [5.74, 6) is 0.571. The molecule has 0 aliphatic rings. The van der Waals surface area contributed by atoms with Crippen LogP contribution in [-0.4, -0.2) is 28.2 Å². The molecule has 1 heterocycles. The highest BCUT2D eigenvalue weighted by atomic mass is 35.5. The number of rotatable bonds is 6. The summed E-state index contributed by atoms with van der Waals surface area (Å²) in [7, 11) is 1.62. The van der Waals surface area contributed by atoms with Crippen molar-refractivity contribution in [2.24, 2.45) is 0 Å². The lowest BCUT2D eigenvalue weighted by Crippen LogP contribution is -1.91. The maximum atomic E-state index is 10.5. The average molecular weight is 369 g/mol. The number of hydrogen-bond acceptors (Lipinski definition) is 3. The summed E-state index contributed by atoms with van der Waals surface area (Å²) < 4.78 is 5.16. The first-order valence-corrected chi connectivity index (χ1v) is 8.31. The number of nitrogens with zero attached hydrogens (tertiary/aromatic N) is 1. The van der Waals surface area contributed by atoms with Crippen molar-refractivity contribution in [2.45, 2.75) is 6.42 Å². The molecule has 0 aliphatic heterocycles. The Morgan fingerprint density at radius 1 is 1.19 bits per heavy atom. The van der Waals surface area contributed by atoms with Crippen LogP contribution in [0.25, 0.3) is 17.3 Å². The fourth-order valence-electron chi connectivity index (χ4n) is 2.54. The Labute approximate surface area is 155 Å². The summed E-state index contributed by atoms with van der Waals surface area (Å²) in [5, 5.41) is 9.08. The van der Waals surface area contributed by atoms with Crippen LogP contribution in [0.3, 0.4) is 0 Å². The van der Waals surface area contributed by atoms with E-state index in [1.165, 1.54) is 0 Å². The maximum Gasteiger partial charge on any atom is 0.328 e. The van der Waals surface area contributed by atoms with E-state index < -0.39 is 5.97 Å². The molecular formula is C20H17ClN2O3. The summed E-state index contributed by atoms with van der Waals surface area (Å²) in [6.45, 7) is 0. The number of nitrogens with one attached hydrogen (secondary N) is 1. The lowest BCUT2D eigenvalue weighted by atomic mass is 10.1. The Bertz CT molecular complexity index is 929. The molecule has 3 aromatic rings. The molecule has 1 aromatic heterocycles. The van der Waals surface area contributed by atoms with Crippen molar-refractivity contribution in [1.82, 2.24) is 9.97 Å². The number of aromatic nitrogens is 2. The van der Waals surface area contributed by atoms with Crippen molar-refractivity contribution in [3.05, 3.63) is 76.7 Å². The minimum Gasteiger partial charge on any atom is -0.497 e. The lowest BCUT2D eigenvalue weighted by Gasteiger charge is -2.02. The molecule has 0 bridgehead atoms. The number of ether oxygens (including phenoxy) is 1. The number of carboxylic acid groups (broad SMARTS) is 1. The molecule has 5 nitrogen and oxygen atoms in total. The van der Waals surface area contributed by atoms with Gasteiger partial charge in [-0.05, 0) is 41.5 Å². The number of imidazole rings is 1. The maximum absolute atomic E-state index is 10.5. The molecule has 0 saturated carbocycles. The van der Waals surface area contributed by atoms with Crippen LogP contribution in [0.1, 0.15) is 17.0 Å². The number of benzene rings is 2. The number of aliphatic carboxylic acids is 1. The summed E-state index contributed by atoms with van der Waals surface area (Å²) in [6, 6.07) is 15.2. The quantitative estimate of drug-likeness (QED) is 0.631. The Morgan fingerprint density at radius 2 is 1.88 bits per heavy atom. The molecule has 26 heavy (non-hydrogen) atoms. The second-order valence-electron chi connectivity index (χ2n) is 5.67. The standard InChI is InChI=1S/C20H17ClN2O3/c1-26-16-9-7-15(8-10-16)19-20(21)23-17(22-19)12-14-4-2-13(3-5-14)6-11-18(24)25/h2-11H,12H2,1H3,(H,22,23)(H,24,25)/b11-6+. The van der Waals surface area contributed by atoms with E-state index in [2.05, 4.69) is 9.97 Å². The van der Waals surface area contributed by atoms with Crippen LogP contribution in [0.4, 0.5) is 0 Å². The van der Waals surface area contributed by atoms with Crippen molar-refractivity contribution in [1.29, 1.82) is 0 Å². The summed E-state index contributed by atoms with van der Waals surface area (Å²) in [4.78, 5) is 18.2. The predicted molar refractivity (Wildman–Crippen MR) is 102 cm³/mol. The highest BCUT2D eigenvalue weighted by Gasteiger charge is 2.11. The van der Waals surface area contributed by atoms with Gasteiger partial charge < -0.3 is 14.8 Å². The third-order valence-electron chi connectivity index (χ3n) is 3.86. The number of halogens is 1. The monoisotopic (exact) mass is 368 g/mol. The SMILES string of the molecule is COc1ccc(-c2[nH]c(Cc3ccc(/C=C/C(=O)O)cc3)nc2Cl)cc1. The Morgan fingerprint density at radius 3 is 2.50 bits per heavy atom. The van der Waals surface area contributed by atoms with E-state index in [-0.39, 0.29) is 0 Å². The molecule has 6 heteroatoms. The molecule has 3 rings (SSSR count). The first-order chi connectivity index (χ1) is 12.5. The van der Waals surface area contributed by atoms with Crippen molar-refractivity contribution in [3.8, 4) is 17.0 Å². The molecule has 0 saturated heterocycles. The van der Waals surface area contributed by atoms with Crippen molar-refractivity contribution >= 4 is 23.6 Å². The Hall–Kier alpha value is -3.05. The van der Waals surface area contributed by atoms with Gasteiger partial charge in [0.25, 0.3) is 0 Å². The van der Waals surface area contributed by atoms with Gasteiger partial charge >= 0.3 is 5.97 Å². The molecule has 0 unspecified atom stereocenters. The first-order valence-electron chi connectivity index (χ1n) is 7.94. The molecule has 0 amide bonds. The van der Waals surface area contributed by atoms with Crippen LogP contribution in [0, 0.1) is 0 Å². The number of carboxylic acids is 1. The highest BCUT2D eigenvalue weighted by Crippen LogP contribution is 2.27. The van der Waals surface area contributed by atoms with Crippen molar-refractivity contribution in [3.63, 3.8) is 0 Å². The molecule has 132 valence electrons. The van der Waals surface area contributed by atoms with E-state index >= 15 is 0 Å². The largest absolute Gasteiger partial charge is 0.497 e. The van der Waals surface area contributed by atoms with Gasteiger partial charge in [-0.15, -0.1) is 0 Å². The van der Waals surface area contributed by atoms with Gasteiger partial charge in [-0.1, -0.05) is 35.9 Å². The highest BCUT2D eigenvalue weighted by molar-refractivity contribution is 6.31. The molecule has 2 N–H and O–H groups in total. The van der Waals surface area contributed by atoms with Gasteiger partial charge in [0.2, 0.25) is 0 Å². The summed E-state index contributed by atoms with van der Waals surface area (Å²) >= 11 is 6.28. The van der Waals surface area contributed by atoms with E-state index in [1.807, 2.05) is 48.5 Å². The van der Waals surface area contributed by atoms with Gasteiger partial charge in [0.05, 0.1) is 12.8 Å². The van der Waals surface area contributed by atoms with E-state index in [4.69, 9.17) is 21.4 Å². The molecule has 0 atom stereocenters. The van der Waals surface area contributed by atoms with Crippen molar-refractivity contribution in [2.75, 3.05) is 7.11 Å². The van der Waals surface area contributed by atoms with Crippen molar-refractivity contribution < 1.29 is 14.6 Å². The number of aromatic amines is 1. The van der Waals surface area contributed by atoms with E-state index in [0.717, 1.165) is 40.0 Å². The minimum atomic E-state index is -0.967. The van der Waals surface area contributed by atoms with Gasteiger partial charge in [0, 0.05) is 18.1 Å². The zero-order chi connectivity index (χ0) is 18.5. The van der Waals surface area contributed by atoms with Gasteiger partial charge in [0.15, 0.2) is 5.15 Å². The van der Waals surface area contributed by atoms with E-state index in [9.17, 15) is 4.79 Å². The fourth-order valence-corrected chi connectivity index (χ4v) is 2.80. The smallest absolute Gasteiger partial charge is 0.328 e. The molecule has 0 aliphatic carbocycles. The number of methoxy groups -OCH3 is 1. The van der Waals surface area contributed by atoms with Gasteiger partial charge in [-0.25, -0.2) is 9.78 Å². The fraction of sp³-hybridized carbons (Fsp3) is 0.100. The second-order valence-corrected chi connectivity index (χ2v) is 6.03. The van der Waals surface area contributed by atoms with Crippen LogP contribution in [0.15, 0.2) is 54.6 Å². The van der Waals surface area contributed by atoms with Gasteiger partial charge in [-0.3, -0.25) is 0 Å². The zero-order valence-electron chi connectivity index (χ0n) is 14.1. The third-order valence-corrected chi connectivity index (χ3v) is 4.13. The first kappa shape index (κ1) is 17.8. The van der Waals surface area contributed by atoms with Gasteiger partial charge in [-0.2, -0.15) is 0 Å². The lowest BCUT2D eigenvalue weighted by molar-refractivity contribution is -0.131. The average Bonchev–Trinajstić information content (AvgIpc) is 3.01. The molecule has 0 fully saturated rings. The number of H-pyrrole nitrogens is 1. The zero-order valence-corrected chi connectivity index (χ0v) is 14.8. The summed E-state index contributed by atoms with van der Waals surface area (Å²) in [5.41, 5.74) is 3.57. The van der Waals surface area contributed by atoms with Crippen LogP contribution < -0.4 is 4.74 Å². The van der Waals surface area contributed by atoms with Crippen LogP contribution in [-0.2, 0) is 11.2 Å². The predicted octanol–water partition coefficient (Wildman–Crippen LogP) is 4.43. The molecule has 0 spiro atoms. The van der Waals surface area contributed by atoms with E-state index in [0.29, 0.717) is 11.6 Å². The van der Waals surface area contributed by atoms with Crippen LogP contribution in [0.5, 0.6) is 5.75 Å². The molecule has 2 aromatic carbocycles. The minimum absolute atomic E-state index is 0.422. The third kappa shape index (κ3) is 4.32. The normalized spacial score (nSPS) is 11.0. The van der Waals surface area contributed by atoms with E-state index in [1.54, 1.807) is 13.2 Å². The number of carbonyl (C=O) groups is 1. The second kappa shape index (κ2) is 7.89. The Kier molecular flexibility index (Phi) is 5.39.